The predicted octanol–water partition coefficient (Wildman–Crippen LogP) is 5.17. The molecule has 3 aromatic rings. The first-order chi connectivity index (χ1) is 14.3. The first kappa shape index (κ1) is 21.6. The van der Waals surface area contributed by atoms with E-state index >= 15 is 0 Å². The molecular weight excluding hydrogens is 396 g/mol. The Morgan fingerprint density at radius 2 is 1.40 bits per heavy atom. The van der Waals surface area contributed by atoms with E-state index in [1.165, 1.54) is 0 Å². The summed E-state index contributed by atoms with van der Waals surface area (Å²) in [5, 5.41) is 3.02. The maximum Gasteiger partial charge on any atom is 0.261 e. The summed E-state index contributed by atoms with van der Waals surface area (Å²) in [6, 6.07) is 19.1. The molecule has 5 nitrogen and oxygen atoms in total. The number of nitrogens with one attached hydrogen (secondary N) is 2. The summed E-state index contributed by atoms with van der Waals surface area (Å²) in [6.07, 6.45) is 1.65. The van der Waals surface area contributed by atoms with Gasteiger partial charge in [0, 0.05) is 16.9 Å². The van der Waals surface area contributed by atoms with Crippen molar-refractivity contribution in [3.8, 4) is 0 Å². The Bertz CT molecular complexity index is 1110. The van der Waals surface area contributed by atoms with E-state index in [1.54, 1.807) is 48.5 Å². The monoisotopic (exact) mass is 422 g/mol. The quantitative estimate of drug-likeness (QED) is 0.551. The topological polar surface area (TPSA) is 75.3 Å². The fourth-order valence-electron chi connectivity index (χ4n) is 3.21. The van der Waals surface area contributed by atoms with Crippen molar-refractivity contribution in [1.29, 1.82) is 0 Å². The highest BCUT2D eigenvalue weighted by molar-refractivity contribution is 7.92. The molecule has 0 saturated heterocycles. The molecule has 0 bridgehead atoms. The van der Waals surface area contributed by atoms with Crippen molar-refractivity contribution in [2.24, 2.45) is 0 Å². The van der Waals surface area contributed by atoms with E-state index in [0.29, 0.717) is 11.3 Å². The van der Waals surface area contributed by atoms with E-state index in [9.17, 15) is 13.2 Å². The Kier molecular flexibility index (Phi) is 6.57. The van der Waals surface area contributed by atoms with Crippen molar-refractivity contribution in [3.05, 3.63) is 89.0 Å². The summed E-state index contributed by atoms with van der Waals surface area (Å²) in [5.41, 5.74) is 4.88. The van der Waals surface area contributed by atoms with Crippen LogP contribution in [0, 0.1) is 6.92 Å². The van der Waals surface area contributed by atoms with Gasteiger partial charge in [0.2, 0.25) is 0 Å². The highest BCUT2D eigenvalue weighted by atomic mass is 32.2. The molecule has 1 amide bonds. The second-order valence-corrected chi connectivity index (χ2v) is 8.79. The van der Waals surface area contributed by atoms with Crippen LogP contribution in [0.2, 0.25) is 0 Å². The Morgan fingerprint density at radius 3 is 1.93 bits per heavy atom. The number of amides is 1. The zero-order valence-corrected chi connectivity index (χ0v) is 18.2. The molecule has 3 aromatic carbocycles. The molecule has 0 atom stereocenters. The number of aryl methyl sites for hydroxylation is 3. The van der Waals surface area contributed by atoms with Crippen LogP contribution >= 0.6 is 0 Å². The van der Waals surface area contributed by atoms with Crippen LogP contribution in [0.3, 0.4) is 0 Å². The van der Waals surface area contributed by atoms with E-state index < -0.39 is 10.0 Å². The molecule has 30 heavy (non-hydrogen) atoms. The lowest BCUT2D eigenvalue weighted by atomic mass is 10.0. The first-order valence-electron chi connectivity index (χ1n) is 9.95. The predicted molar refractivity (Wildman–Crippen MR) is 122 cm³/mol. The van der Waals surface area contributed by atoms with E-state index in [2.05, 4.69) is 23.9 Å². The van der Waals surface area contributed by atoms with Crippen molar-refractivity contribution in [3.63, 3.8) is 0 Å². The number of hydrogen-bond donors (Lipinski definition) is 2. The van der Waals surface area contributed by atoms with Crippen LogP contribution in [0.25, 0.3) is 0 Å². The number of carbonyl (C=O) groups is 1. The van der Waals surface area contributed by atoms with Crippen LogP contribution in [0.1, 0.15) is 40.9 Å². The minimum absolute atomic E-state index is 0.193. The smallest absolute Gasteiger partial charge is 0.261 e. The zero-order chi connectivity index (χ0) is 21.7. The van der Waals surface area contributed by atoms with Crippen molar-refractivity contribution < 1.29 is 13.2 Å². The fourth-order valence-corrected chi connectivity index (χ4v) is 4.27. The number of para-hydroxylation sites is 1. The summed E-state index contributed by atoms with van der Waals surface area (Å²) in [6.45, 7) is 6.01. The Morgan fingerprint density at radius 1 is 0.833 bits per heavy atom. The minimum Gasteiger partial charge on any atom is -0.321 e. The molecule has 0 saturated carbocycles. The van der Waals surface area contributed by atoms with Crippen molar-refractivity contribution in [2.45, 2.75) is 38.5 Å². The molecule has 0 heterocycles. The molecular formula is C24H26N2O3S. The zero-order valence-electron chi connectivity index (χ0n) is 17.4. The van der Waals surface area contributed by atoms with Crippen molar-refractivity contribution >= 4 is 27.3 Å². The van der Waals surface area contributed by atoms with E-state index in [-0.39, 0.29) is 10.8 Å². The van der Waals surface area contributed by atoms with Crippen LogP contribution in [0.4, 0.5) is 11.4 Å². The van der Waals surface area contributed by atoms with Crippen molar-refractivity contribution in [2.75, 3.05) is 10.0 Å². The first-order valence-corrected chi connectivity index (χ1v) is 11.4. The van der Waals surface area contributed by atoms with Crippen LogP contribution in [0.5, 0.6) is 0 Å². The third-order valence-electron chi connectivity index (χ3n) is 4.97. The number of carbonyl (C=O) groups excluding carboxylic acids is 1. The molecule has 0 spiro atoms. The van der Waals surface area contributed by atoms with Gasteiger partial charge in [0.25, 0.3) is 15.9 Å². The number of hydrogen-bond acceptors (Lipinski definition) is 3. The molecule has 0 unspecified atom stereocenters. The molecule has 156 valence electrons. The maximum absolute atomic E-state index is 12.8. The molecule has 6 heteroatoms. The second kappa shape index (κ2) is 9.13. The molecule has 0 aliphatic carbocycles. The summed E-state index contributed by atoms with van der Waals surface area (Å²) < 4.78 is 27.6. The van der Waals surface area contributed by atoms with E-state index in [4.69, 9.17) is 0 Å². The third kappa shape index (κ3) is 4.89. The van der Waals surface area contributed by atoms with Gasteiger partial charge in [-0.2, -0.15) is 0 Å². The Hall–Kier alpha value is -3.12. The average Bonchev–Trinajstić information content (AvgIpc) is 2.74. The van der Waals surface area contributed by atoms with Gasteiger partial charge in [0.1, 0.15) is 0 Å². The largest absolute Gasteiger partial charge is 0.321 e. The molecule has 0 radical (unpaired) electrons. The van der Waals surface area contributed by atoms with Gasteiger partial charge >= 0.3 is 0 Å². The number of sulfonamides is 1. The molecule has 3 rings (SSSR count). The summed E-state index contributed by atoms with van der Waals surface area (Å²) in [5.74, 6) is -0.224. The van der Waals surface area contributed by atoms with Gasteiger partial charge in [0.05, 0.1) is 4.90 Å². The van der Waals surface area contributed by atoms with Crippen LogP contribution in [-0.2, 0) is 22.9 Å². The highest BCUT2D eigenvalue weighted by Crippen LogP contribution is 2.24. The molecule has 0 aliphatic heterocycles. The second-order valence-electron chi connectivity index (χ2n) is 7.11. The van der Waals surface area contributed by atoms with Gasteiger partial charge < -0.3 is 5.32 Å². The lowest BCUT2D eigenvalue weighted by Crippen LogP contribution is -2.15. The van der Waals surface area contributed by atoms with Crippen LogP contribution in [0.15, 0.2) is 71.6 Å². The lowest BCUT2D eigenvalue weighted by Gasteiger charge is -2.15. The third-order valence-corrected chi connectivity index (χ3v) is 6.37. The molecule has 0 fully saturated rings. The number of anilines is 2. The number of rotatable bonds is 7. The van der Waals surface area contributed by atoms with Crippen molar-refractivity contribution in [1.82, 2.24) is 0 Å². The number of benzene rings is 3. The van der Waals surface area contributed by atoms with Crippen LogP contribution < -0.4 is 10.0 Å². The summed E-state index contributed by atoms with van der Waals surface area (Å²) in [4.78, 5) is 12.9. The van der Waals surface area contributed by atoms with Gasteiger partial charge in [-0.3, -0.25) is 9.52 Å². The van der Waals surface area contributed by atoms with E-state index in [1.807, 2.05) is 25.1 Å². The highest BCUT2D eigenvalue weighted by Gasteiger charge is 2.15. The molecule has 2 N–H and O–H groups in total. The van der Waals surface area contributed by atoms with Crippen LogP contribution in [-0.4, -0.2) is 14.3 Å². The Balaban J connectivity index is 1.76. The van der Waals surface area contributed by atoms with E-state index in [0.717, 1.165) is 35.2 Å². The lowest BCUT2D eigenvalue weighted by molar-refractivity contribution is 0.102. The SMILES string of the molecule is CCc1cccc(CC)c1NC(=O)c1ccc(NS(=O)(=O)c2ccc(C)cc2)cc1. The van der Waals surface area contributed by atoms with Gasteiger partial charge in [-0.05, 0) is 67.3 Å². The minimum atomic E-state index is -3.68. The van der Waals surface area contributed by atoms with Gasteiger partial charge in [-0.25, -0.2) is 8.42 Å². The van der Waals surface area contributed by atoms with Gasteiger partial charge in [0.15, 0.2) is 0 Å². The Labute approximate surface area is 178 Å². The maximum atomic E-state index is 12.8. The molecule has 0 aliphatic rings. The normalized spacial score (nSPS) is 11.2. The standard InChI is InChI=1S/C24H26N2O3S/c1-4-18-7-6-8-19(5-2)23(18)25-24(27)20-11-13-21(14-12-20)26-30(28,29)22-15-9-17(3)10-16-22/h6-16,26H,4-5H2,1-3H3,(H,25,27). The van der Waals surface area contributed by atoms with Gasteiger partial charge in [-0.15, -0.1) is 0 Å². The summed E-state index contributed by atoms with van der Waals surface area (Å²) in [7, 11) is -3.68. The fraction of sp³-hybridized carbons (Fsp3) is 0.208. The van der Waals surface area contributed by atoms with Gasteiger partial charge in [-0.1, -0.05) is 49.7 Å². The average molecular weight is 423 g/mol. The summed E-state index contributed by atoms with van der Waals surface area (Å²) >= 11 is 0. The molecule has 0 aromatic heterocycles.